The van der Waals surface area contributed by atoms with Crippen molar-refractivity contribution in [2.24, 2.45) is 0 Å². The van der Waals surface area contributed by atoms with Crippen LogP contribution in [0.15, 0.2) is 36.7 Å². The van der Waals surface area contributed by atoms with E-state index in [1.54, 1.807) is 24.4 Å². The minimum absolute atomic E-state index is 0.0237. The monoisotopic (exact) mass is 207 g/mol. The van der Waals surface area contributed by atoms with Crippen molar-refractivity contribution in [3.05, 3.63) is 42.2 Å². The predicted molar refractivity (Wildman–Crippen MR) is 52.1 cm³/mol. The van der Waals surface area contributed by atoms with Crippen LogP contribution in [0.5, 0.6) is 0 Å². The van der Waals surface area contributed by atoms with Gasteiger partial charge in [0.1, 0.15) is 0 Å². The average Bonchev–Trinajstić information content (AvgIpc) is 2.27. The maximum absolute atomic E-state index is 12.3. The van der Waals surface area contributed by atoms with Gasteiger partial charge in [-0.1, -0.05) is 18.2 Å². The number of ketones is 1. The summed E-state index contributed by atoms with van der Waals surface area (Å²) in [7, 11) is 0. The fourth-order valence-corrected chi connectivity index (χ4v) is 1.45. The summed E-state index contributed by atoms with van der Waals surface area (Å²) in [4.78, 5) is 15.0. The van der Waals surface area contributed by atoms with Gasteiger partial charge in [-0.15, -0.1) is 0 Å². The molecule has 0 bridgehead atoms. The number of rotatable bonds is 2. The van der Waals surface area contributed by atoms with Gasteiger partial charge in [-0.3, -0.25) is 9.78 Å². The highest BCUT2D eigenvalue weighted by molar-refractivity contribution is 6.09. The Hall–Kier alpha value is -1.84. The van der Waals surface area contributed by atoms with Gasteiger partial charge in [0.25, 0.3) is 0 Å². The van der Waals surface area contributed by atoms with Crippen LogP contribution >= 0.6 is 0 Å². The summed E-state index contributed by atoms with van der Waals surface area (Å²) in [5, 5.41) is 1.20. The first-order valence-electron chi connectivity index (χ1n) is 4.35. The molecule has 0 aliphatic carbocycles. The molecule has 2 nitrogen and oxygen atoms in total. The maximum atomic E-state index is 12.3. The second-order valence-corrected chi connectivity index (χ2v) is 3.07. The topological polar surface area (TPSA) is 30.0 Å². The molecule has 0 amide bonds. The van der Waals surface area contributed by atoms with Gasteiger partial charge in [-0.2, -0.15) is 0 Å². The third-order valence-electron chi connectivity index (χ3n) is 2.15. The summed E-state index contributed by atoms with van der Waals surface area (Å²) in [6, 6.07) is 6.40. The molecule has 0 saturated carbocycles. The van der Waals surface area contributed by atoms with Crippen LogP contribution in [0.4, 0.5) is 8.78 Å². The lowest BCUT2D eigenvalue weighted by molar-refractivity contribution is 0.0680. The minimum Gasteiger partial charge on any atom is -0.288 e. The first kappa shape index (κ1) is 9.71. The predicted octanol–water partition coefficient (Wildman–Crippen LogP) is 2.68. The lowest BCUT2D eigenvalue weighted by atomic mass is 10.0. The highest BCUT2D eigenvalue weighted by Crippen LogP contribution is 2.19. The number of alkyl halides is 2. The number of carbonyl (C=O) groups is 1. The molecule has 1 aromatic carbocycles. The van der Waals surface area contributed by atoms with Crippen LogP contribution in [-0.4, -0.2) is 17.2 Å². The Labute approximate surface area is 84.6 Å². The highest BCUT2D eigenvalue weighted by Gasteiger charge is 2.19. The van der Waals surface area contributed by atoms with Gasteiger partial charge >= 0.3 is 6.43 Å². The Morgan fingerprint density at radius 2 is 2.07 bits per heavy atom. The van der Waals surface area contributed by atoms with Crippen molar-refractivity contribution >= 4 is 16.6 Å². The fourth-order valence-electron chi connectivity index (χ4n) is 1.45. The van der Waals surface area contributed by atoms with Crippen LogP contribution in [0.3, 0.4) is 0 Å². The number of hydrogen-bond donors (Lipinski definition) is 0. The van der Waals surface area contributed by atoms with Crippen molar-refractivity contribution in [2.45, 2.75) is 6.43 Å². The molecule has 0 saturated heterocycles. The minimum atomic E-state index is -2.98. The number of nitrogens with zero attached hydrogens (tertiary/aromatic N) is 1. The number of benzene rings is 1. The van der Waals surface area contributed by atoms with Crippen LogP contribution in [0.2, 0.25) is 0 Å². The molecule has 2 aromatic rings. The molecule has 1 heterocycles. The average molecular weight is 207 g/mol. The molecule has 0 fully saturated rings. The number of Topliss-reactive ketones (excluding diaryl/α,β-unsaturated/α-hetero) is 1. The van der Waals surface area contributed by atoms with E-state index in [1.165, 1.54) is 12.3 Å². The van der Waals surface area contributed by atoms with Crippen LogP contribution in [-0.2, 0) is 0 Å². The van der Waals surface area contributed by atoms with Gasteiger partial charge in [0, 0.05) is 23.3 Å². The molecule has 0 radical (unpaired) electrons. The zero-order valence-electron chi connectivity index (χ0n) is 7.65. The fraction of sp³-hybridized carbons (Fsp3) is 0.0909. The molecule has 15 heavy (non-hydrogen) atoms. The van der Waals surface area contributed by atoms with Crippen LogP contribution in [0, 0.1) is 0 Å². The number of fused-ring (bicyclic) bond motifs is 1. The van der Waals surface area contributed by atoms with Gasteiger partial charge in [-0.05, 0) is 11.5 Å². The van der Waals surface area contributed by atoms with Crippen LogP contribution in [0.1, 0.15) is 10.4 Å². The third-order valence-corrected chi connectivity index (χ3v) is 2.15. The van der Waals surface area contributed by atoms with E-state index < -0.39 is 12.2 Å². The van der Waals surface area contributed by atoms with Gasteiger partial charge in [0.2, 0.25) is 5.78 Å². The molecule has 76 valence electrons. The van der Waals surface area contributed by atoms with E-state index >= 15 is 0 Å². The molecular weight excluding hydrogens is 200 g/mol. The summed E-state index contributed by atoms with van der Waals surface area (Å²) in [5.74, 6) is -1.16. The highest BCUT2D eigenvalue weighted by atomic mass is 19.3. The van der Waals surface area contributed by atoms with Crippen molar-refractivity contribution in [1.82, 2.24) is 4.98 Å². The first-order valence-corrected chi connectivity index (χ1v) is 4.35. The number of pyridine rings is 1. The lowest BCUT2D eigenvalue weighted by Crippen LogP contribution is -2.10. The molecule has 0 spiro atoms. The second-order valence-electron chi connectivity index (χ2n) is 3.07. The number of hydrogen-bond acceptors (Lipinski definition) is 2. The molecule has 4 heteroatoms. The first-order chi connectivity index (χ1) is 7.20. The van der Waals surface area contributed by atoms with Crippen molar-refractivity contribution in [2.75, 3.05) is 0 Å². The summed E-state index contributed by atoms with van der Waals surface area (Å²) in [6.45, 7) is 0. The normalized spacial score (nSPS) is 10.9. The Kier molecular flexibility index (Phi) is 2.41. The van der Waals surface area contributed by atoms with Crippen LogP contribution < -0.4 is 0 Å². The number of carbonyl (C=O) groups excluding carboxylic acids is 1. The molecule has 0 N–H and O–H groups in total. The van der Waals surface area contributed by atoms with E-state index in [2.05, 4.69) is 4.98 Å². The molecule has 0 aliphatic heterocycles. The summed E-state index contributed by atoms with van der Waals surface area (Å²) in [6.07, 6.45) is -0.00000378. The maximum Gasteiger partial charge on any atom is 0.300 e. The number of aromatic nitrogens is 1. The van der Waals surface area contributed by atoms with E-state index in [9.17, 15) is 13.6 Å². The molecule has 0 aliphatic rings. The zero-order chi connectivity index (χ0) is 10.8. The summed E-state index contributed by atoms with van der Waals surface area (Å²) in [5.41, 5.74) is 0.0237. The molecule has 2 rings (SSSR count). The largest absolute Gasteiger partial charge is 0.300 e. The third kappa shape index (κ3) is 1.70. The Bertz CT molecular complexity index is 505. The van der Waals surface area contributed by atoms with E-state index in [-0.39, 0.29) is 5.56 Å². The van der Waals surface area contributed by atoms with Crippen molar-refractivity contribution < 1.29 is 13.6 Å². The van der Waals surface area contributed by atoms with Crippen molar-refractivity contribution in [3.63, 3.8) is 0 Å². The zero-order valence-corrected chi connectivity index (χ0v) is 7.65. The van der Waals surface area contributed by atoms with E-state index in [4.69, 9.17) is 0 Å². The van der Waals surface area contributed by atoms with Gasteiger partial charge in [-0.25, -0.2) is 8.78 Å². The van der Waals surface area contributed by atoms with Crippen molar-refractivity contribution in [1.29, 1.82) is 0 Å². The SMILES string of the molecule is O=C(c1cccc2ccncc12)C(F)F. The smallest absolute Gasteiger partial charge is 0.288 e. The van der Waals surface area contributed by atoms with Crippen molar-refractivity contribution in [3.8, 4) is 0 Å². The molecule has 0 unspecified atom stereocenters. The van der Waals surface area contributed by atoms with Gasteiger partial charge < -0.3 is 0 Å². The standard InChI is InChI=1S/C11H7F2NO/c12-11(13)10(15)8-3-1-2-7-4-5-14-6-9(7)8/h1-6,11H. The molecule has 0 atom stereocenters. The van der Waals surface area contributed by atoms with E-state index in [0.717, 1.165) is 5.39 Å². The quantitative estimate of drug-likeness (QED) is 0.708. The Balaban J connectivity index is 2.66. The van der Waals surface area contributed by atoms with Gasteiger partial charge in [0.15, 0.2) is 0 Å². The summed E-state index contributed by atoms with van der Waals surface area (Å²) < 4.78 is 24.5. The summed E-state index contributed by atoms with van der Waals surface area (Å²) >= 11 is 0. The second kappa shape index (κ2) is 3.73. The van der Waals surface area contributed by atoms with Gasteiger partial charge in [0.05, 0.1) is 0 Å². The lowest BCUT2D eigenvalue weighted by Gasteiger charge is -2.03. The number of halogens is 2. The van der Waals surface area contributed by atoms with Crippen LogP contribution in [0.25, 0.3) is 10.8 Å². The Morgan fingerprint density at radius 3 is 2.80 bits per heavy atom. The van der Waals surface area contributed by atoms with E-state index in [1.807, 2.05) is 0 Å². The molecular formula is C11H7F2NO. The van der Waals surface area contributed by atoms with E-state index in [0.29, 0.717) is 5.39 Å². The molecule has 1 aromatic heterocycles. The Morgan fingerprint density at radius 1 is 1.27 bits per heavy atom.